The minimum Gasteiger partial charge on any atom is -0.493 e. The van der Waals surface area contributed by atoms with Gasteiger partial charge in [-0.15, -0.1) is 0 Å². The van der Waals surface area contributed by atoms with Gasteiger partial charge in [-0.3, -0.25) is 19.2 Å². The number of hydrogen-bond acceptors (Lipinski definition) is 11. The highest BCUT2D eigenvalue weighted by Gasteiger charge is 2.42. The van der Waals surface area contributed by atoms with Crippen molar-refractivity contribution in [2.45, 2.75) is 79.1 Å². The number of methoxy groups -OCH3 is 1. The molecule has 0 aliphatic carbocycles. The van der Waals surface area contributed by atoms with Crippen LogP contribution in [0.25, 0.3) is 0 Å². The lowest BCUT2D eigenvalue weighted by Crippen LogP contribution is -2.47. The van der Waals surface area contributed by atoms with Crippen LogP contribution in [0.5, 0.6) is 11.5 Å². The van der Waals surface area contributed by atoms with E-state index < -0.39 is 66.0 Å². The molecule has 1 amide bonds. The summed E-state index contributed by atoms with van der Waals surface area (Å²) in [6, 6.07) is 9.05. The van der Waals surface area contributed by atoms with Crippen molar-refractivity contribution in [3.8, 4) is 11.5 Å². The second-order valence-electron chi connectivity index (χ2n) is 12.5. The third-order valence-electron chi connectivity index (χ3n) is 6.78. The van der Waals surface area contributed by atoms with Crippen LogP contribution in [-0.4, -0.2) is 66.7 Å². The standard InChI is InChI=1S/C33H42N2O10/c1-19(2)15-25(36)44-28-20(3)43-32(40)23(18-42-31(39)22(28)16-21-11-9-8-10-12-21)35-30(38)27-29(24(41-7)13-14-34-27)45-26(37)17-33(4,5)6/h8-14,19-20,22-23,28H,15-18H2,1-7H3,(H,35,38). The van der Waals surface area contributed by atoms with E-state index in [1.807, 2.05) is 65.0 Å². The lowest BCUT2D eigenvalue weighted by Gasteiger charge is -2.29. The van der Waals surface area contributed by atoms with Gasteiger partial charge in [-0.2, -0.15) is 0 Å². The van der Waals surface area contributed by atoms with Gasteiger partial charge < -0.3 is 29.0 Å². The first-order valence-electron chi connectivity index (χ1n) is 14.8. The summed E-state index contributed by atoms with van der Waals surface area (Å²) in [6.45, 7) is 10.2. The van der Waals surface area contributed by atoms with Crippen LogP contribution in [0.4, 0.5) is 0 Å². The smallest absolute Gasteiger partial charge is 0.332 e. The summed E-state index contributed by atoms with van der Waals surface area (Å²) in [5.74, 6) is -4.90. The second kappa shape index (κ2) is 15.5. The predicted octanol–water partition coefficient (Wildman–Crippen LogP) is 3.84. The van der Waals surface area contributed by atoms with Crippen molar-refractivity contribution in [1.82, 2.24) is 10.3 Å². The number of pyridine rings is 1. The molecule has 4 atom stereocenters. The number of cyclic esters (lactones) is 2. The zero-order chi connectivity index (χ0) is 33.3. The Morgan fingerprint density at radius 3 is 2.36 bits per heavy atom. The van der Waals surface area contributed by atoms with Gasteiger partial charge in [0.15, 0.2) is 23.6 Å². The molecule has 1 aliphatic heterocycles. The summed E-state index contributed by atoms with van der Waals surface area (Å²) >= 11 is 0. The molecule has 1 aromatic carbocycles. The van der Waals surface area contributed by atoms with E-state index in [9.17, 15) is 24.0 Å². The number of nitrogens with one attached hydrogen (secondary N) is 1. The Kier molecular flexibility index (Phi) is 12.1. The highest BCUT2D eigenvalue weighted by Crippen LogP contribution is 2.31. The van der Waals surface area contributed by atoms with Crippen LogP contribution in [0.1, 0.15) is 70.4 Å². The number of amides is 1. The van der Waals surface area contributed by atoms with Crippen molar-refractivity contribution in [2.24, 2.45) is 17.3 Å². The van der Waals surface area contributed by atoms with Crippen LogP contribution in [0, 0.1) is 17.3 Å². The molecule has 1 aromatic heterocycles. The minimum absolute atomic E-state index is 0.00588. The van der Waals surface area contributed by atoms with Gasteiger partial charge in [0.1, 0.15) is 18.6 Å². The van der Waals surface area contributed by atoms with E-state index in [1.54, 1.807) is 0 Å². The first-order chi connectivity index (χ1) is 21.2. The molecule has 12 heteroatoms. The van der Waals surface area contributed by atoms with Gasteiger partial charge in [0, 0.05) is 18.7 Å². The maximum atomic E-state index is 13.5. The molecule has 0 spiro atoms. The van der Waals surface area contributed by atoms with Gasteiger partial charge in [0.2, 0.25) is 5.75 Å². The maximum Gasteiger partial charge on any atom is 0.332 e. The number of carbonyl (C=O) groups excluding carboxylic acids is 5. The number of esters is 4. The third kappa shape index (κ3) is 10.3. The van der Waals surface area contributed by atoms with Crippen LogP contribution < -0.4 is 14.8 Å². The predicted molar refractivity (Wildman–Crippen MR) is 161 cm³/mol. The Bertz CT molecular complexity index is 1370. The van der Waals surface area contributed by atoms with E-state index in [2.05, 4.69) is 10.3 Å². The normalized spacial score (nSPS) is 20.5. The van der Waals surface area contributed by atoms with E-state index in [-0.39, 0.29) is 42.4 Å². The van der Waals surface area contributed by atoms with Crippen LogP contribution in [0.3, 0.4) is 0 Å². The monoisotopic (exact) mass is 626 g/mol. The van der Waals surface area contributed by atoms with Gasteiger partial charge in [0.05, 0.1) is 13.5 Å². The molecule has 4 unspecified atom stereocenters. The Morgan fingerprint density at radius 1 is 1.04 bits per heavy atom. The highest BCUT2D eigenvalue weighted by atomic mass is 16.6. The fourth-order valence-corrected chi connectivity index (χ4v) is 4.67. The highest BCUT2D eigenvalue weighted by molar-refractivity contribution is 5.99. The number of nitrogens with zero attached hydrogens (tertiary/aromatic N) is 1. The average Bonchev–Trinajstić information content (AvgIpc) is 2.98. The number of rotatable bonds is 10. The molecule has 1 saturated heterocycles. The zero-order valence-corrected chi connectivity index (χ0v) is 26.8. The van der Waals surface area contributed by atoms with Gasteiger partial charge in [-0.1, -0.05) is 65.0 Å². The van der Waals surface area contributed by atoms with Gasteiger partial charge >= 0.3 is 23.9 Å². The second-order valence-corrected chi connectivity index (χ2v) is 12.5. The van der Waals surface area contributed by atoms with Crippen molar-refractivity contribution in [3.63, 3.8) is 0 Å². The summed E-state index contributed by atoms with van der Waals surface area (Å²) in [5, 5.41) is 2.47. The van der Waals surface area contributed by atoms with Gasteiger partial charge in [0.25, 0.3) is 5.91 Å². The lowest BCUT2D eigenvalue weighted by atomic mass is 9.91. The molecule has 0 radical (unpaired) electrons. The molecule has 1 N–H and O–H groups in total. The van der Waals surface area contributed by atoms with Crippen molar-refractivity contribution < 1.29 is 47.7 Å². The summed E-state index contributed by atoms with van der Waals surface area (Å²) in [4.78, 5) is 69.7. The van der Waals surface area contributed by atoms with E-state index in [1.165, 1.54) is 26.3 Å². The number of aromatic nitrogens is 1. The van der Waals surface area contributed by atoms with E-state index >= 15 is 0 Å². The Morgan fingerprint density at radius 2 is 1.73 bits per heavy atom. The summed E-state index contributed by atoms with van der Waals surface area (Å²) in [7, 11) is 1.34. The molecule has 2 aromatic rings. The molecule has 45 heavy (non-hydrogen) atoms. The zero-order valence-electron chi connectivity index (χ0n) is 26.8. The van der Waals surface area contributed by atoms with Crippen LogP contribution in [0.15, 0.2) is 42.6 Å². The third-order valence-corrected chi connectivity index (χ3v) is 6.78. The topological polar surface area (TPSA) is 156 Å². The molecule has 0 bridgehead atoms. The summed E-state index contributed by atoms with van der Waals surface area (Å²) < 4.78 is 27.7. The molecular formula is C33H42N2O10. The average molecular weight is 627 g/mol. The molecule has 3 rings (SSSR count). The molecular weight excluding hydrogens is 584 g/mol. The fraction of sp³-hybridized carbons (Fsp3) is 0.515. The van der Waals surface area contributed by atoms with Crippen LogP contribution >= 0.6 is 0 Å². The summed E-state index contributed by atoms with van der Waals surface area (Å²) in [6.07, 6.45) is -0.661. The largest absolute Gasteiger partial charge is 0.493 e. The fourth-order valence-electron chi connectivity index (χ4n) is 4.67. The quantitative estimate of drug-likeness (QED) is 0.302. The Hall–Kier alpha value is -4.48. The number of benzene rings is 1. The maximum absolute atomic E-state index is 13.5. The van der Waals surface area contributed by atoms with E-state index in [0.29, 0.717) is 0 Å². The Labute approximate surface area is 263 Å². The van der Waals surface area contributed by atoms with Crippen molar-refractivity contribution in [2.75, 3.05) is 13.7 Å². The Balaban J connectivity index is 1.88. The first-order valence-corrected chi connectivity index (χ1v) is 14.8. The number of ether oxygens (including phenoxy) is 5. The number of carbonyl (C=O) groups is 5. The van der Waals surface area contributed by atoms with Gasteiger partial charge in [-0.25, -0.2) is 9.78 Å². The van der Waals surface area contributed by atoms with Crippen LogP contribution in [0.2, 0.25) is 0 Å². The minimum atomic E-state index is -1.46. The molecule has 12 nitrogen and oxygen atoms in total. The molecule has 1 aliphatic rings. The number of hydrogen-bond donors (Lipinski definition) is 1. The molecule has 244 valence electrons. The lowest BCUT2D eigenvalue weighted by molar-refractivity contribution is -0.174. The van der Waals surface area contributed by atoms with E-state index in [0.717, 1.165) is 5.56 Å². The SMILES string of the molecule is COc1ccnc(C(=O)NC2COC(=O)C(Cc3ccccc3)C(OC(=O)CC(C)C)C(C)OC2=O)c1OC(=O)CC(C)(C)C. The van der Waals surface area contributed by atoms with Crippen molar-refractivity contribution >= 4 is 29.8 Å². The van der Waals surface area contributed by atoms with Crippen LogP contribution in [-0.2, 0) is 39.8 Å². The van der Waals surface area contributed by atoms with Crippen molar-refractivity contribution in [3.05, 3.63) is 53.9 Å². The van der Waals surface area contributed by atoms with Gasteiger partial charge in [-0.05, 0) is 30.2 Å². The first kappa shape index (κ1) is 35.0. The molecule has 1 fully saturated rings. The van der Waals surface area contributed by atoms with E-state index in [4.69, 9.17) is 23.7 Å². The van der Waals surface area contributed by atoms with Crippen molar-refractivity contribution in [1.29, 1.82) is 0 Å². The molecule has 2 heterocycles. The molecule has 0 saturated carbocycles. The summed E-state index contributed by atoms with van der Waals surface area (Å²) in [5.41, 5.74) is 0.0615.